The van der Waals surface area contributed by atoms with Crippen LogP contribution < -0.4 is 10.3 Å². The first kappa shape index (κ1) is 10.1. The average Bonchev–Trinajstić information content (AvgIpc) is 2.86. The van der Waals surface area contributed by atoms with Gasteiger partial charge >= 0.3 is 4.94 Å². The second-order valence-electron chi connectivity index (χ2n) is 4.26. The lowest BCUT2D eigenvalue weighted by Crippen LogP contribution is -2.10. The molecular formula is C12H13NO2S. The highest BCUT2D eigenvalue weighted by molar-refractivity contribution is 7.16. The van der Waals surface area contributed by atoms with E-state index in [2.05, 4.69) is 11.4 Å². The maximum atomic E-state index is 11.2. The normalized spacial score (nSPS) is 20.6. The second-order valence-corrected chi connectivity index (χ2v) is 5.24. The molecule has 84 valence electrons. The highest BCUT2D eigenvalue weighted by Gasteiger charge is 2.17. The Morgan fingerprint density at radius 3 is 3.25 bits per heavy atom. The topological polar surface area (TPSA) is 42.2 Å². The molecule has 3 rings (SSSR count). The summed E-state index contributed by atoms with van der Waals surface area (Å²) in [6.45, 7) is 2.18. The van der Waals surface area contributed by atoms with E-state index in [0.29, 0.717) is 5.92 Å². The summed E-state index contributed by atoms with van der Waals surface area (Å²) in [4.78, 5) is 11.0. The molecule has 4 heteroatoms. The third-order valence-corrected chi connectivity index (χ3v) is 3.90. The van der Waals surface area contributed by atoms with Gasteiger partial charge in [0.1, 0.15) is 0 Å². The van der Waals surface area contributed by atoms with E-state index in [1.807, 2.05) is 12.1 Å². The van der Waals surface area contributed by atoms with Crippen molar-refractivity contribution in [3.8, 4) is 0 Å². The number of benzene rings is 1. The van der Waals surface area contributed by atoms with Gasteiger partial charge in [0.05, 0.1) is 4.70 Å². The van der Waals surface area contributed by atoms with Gasteiger partial charge in [0.25, 0.3) is 0 Å². The van der Waals surface area contributed by atoms with Crippen LogP contribution in [0.4, 0.5) is 0 Å². The number of hydrogen-bond acceptors (Lipinski definition) is 4. The van der Waals surface area contributed by atoms with E-state index in [1.54, 1.807) is 0 Å². The summed E-state index contributed by atoms with van der Waals surface area (Å²) in [5.41, 5.74) is 1.97. The van der Waals surface area contributed by atoms with Gasteiger partial charge in [-0.2, -0.15) is 0 Å². The molecule has 1 fully saturated rings. The molecule has 16 heavy (non-hydrogen) atoms. The van der Waals surface area contributed by atoms with Crippen LogP contribution in [0.1, 0.15) is 12.0 Å². The molecule has 0 spiro atoms. The molecule has 3 nitrogen and oxygen atoms in total. The molecule has 0 bridgehead atoms. The molecule has 0 saturated carbocycles. The quantitative estimate of drug-likeness (QED) is 0.865. The van der Waals surface area contributed by atoms with Crippen molar-refractivity contribution in [2.45, 2.75) is 12.8 Å². The monoisotopic (exact) mass is 235 g/mol. The number of hydrogen-bond donors (Lipinski definition) is 1. The van der Waals surface area contributed by atoms with Crippen molar-refractivity contribution in [3.63, 3.8) is 0 Å². The molecule has 1 atom stereocenters. The highest BCUT2D eigenvalue weighted by atomic mass is 32.1. The lowest BCUT2D eigenvalue weighted by molar-refractivity contribution is 0.554. The number of rotatable bonds is 2. The molecule has 1 aliphatic heterocycles. The lowest BCUT2D eigenvalue weighted by Gasteiger charge is -2.07. The fourth-order valence-electron chi connectivity index (χ4n) is 2.31. The van der Waals surface area contributed by atoms with E-state index in [4.69, 9.17) is 4.42 Å². The summed E-state index contributed by atoms with van der Waals surface area (Å²) in [5.74, 6) is 0.677. The van der Waals surface area contributed by atoms with E-state index < -0.39 is 0 Å². The van der Waals surface area contributed by atoms with Crippen LogP contribution in [-0.2, 0) is 6.42 Å². The predicted octanol–water partition coefficient (Wildman–Crippen LogP) is 2.01. The van der Waals surface area contributed by atoms with Crippen LogP contribution in [0.3, 0.4) is 0 Å². The Labute approximate surface area is 97.1 Å². The smallest absolute Gasteiger partial charge is 0.396 e. The van der Waals surface area contributed by atoms with Gasteiger partial charge in [-0.3, -0.25) is 0 Å². The van der Waals surface area contributed by atoms with Crippen molar-refractivity contribution < 1.29 is 4.42 Å². The van der Waals surface area contributed by atoms with E-state index >= 15 is 0 Å². The van der Waals surface area contributed by atoms with Gasteiger partial charge < -0.3 is 9.73 Å². The summed E-state index contributed by atoms with van der Waals surface area (Å²) < 4.78 is 6.22. The van der Waals surface area contributed by atoms with Gasteiger partial charge in [-0.25, -0.2) is 4.79 Å². The zero-order valence-corrected chi connectivity index (χ0v) is 9.68. The Bertz CT molecular complexity index is 551. The first-order valence-electron chi connectivity index (χ1n) is 5.55. The summed E-state index contributed by atoms with van der Waals surface area (Å²) in [7, 11) is 0. The van der Waals surface area contributed by atoms with Crippen LogP contribution in [0, 0.1) is 5.92 Å². The number of para-hydroxylation sites is 1. The zero-order chi connectivity index (χ0) is 11.0. The van der Waals surface area contributed by atoms with Gasteiger partial charge in [0.2, 0.25) is 0 Å². The Balaban J connectivity index is 1.98. The fourth-order valence-corrected chi connectivity index (χ4v) is 3.03. The largest absolute Gasteiger partial charge is 0.414 e. The standard InChI is InChI=1S/C12H13NO2S/c14-12-15-11-9(2-1-3-10(11)16-12)6-8-4-5-13-7-8/h1-3,8,13H,4-7H2. The van der Waals surface area contributed by atoms with Crippen LogP contribution in [0.15, 0.2) is 27.4 Å². The molecule has 0 aliphatic carbocycles. The predicted molar refractivity (Wildman–Crippen MR) is 65.0 cm³/mol. The van der Waals surface area contributed by atoms with E-state index in [0.717, 1.165) is 29.8 Å². The minimum atomic E-state index is -0.202. The van der Waals surface area contributed by atoms with Gasteiger partial charge in [-0.05, 0) is 43.5 Å². The van der Waals surface area contributed by atoms with Gasteiger partial charge in [0.15, 0.2) is 5.58 Å². The fraction of sp³-hybridized carbons (Fsp3) is 0.417. The van der Waals surface area contributed by atoms with Crippen molar-refractivity contribution in [1.29, 1.82) is 0 Å². The van der Waals surface area contributed by atoms with E-state index in [9.17, 15) is 4.79 Å². The third kappa shape index (κ3) is 1.79. The summed E-state index contributed by atoms with van der Waals surface area (Å²) in [6.07, 6.45) is 2.22. The van der Waals surface area contributed by atoms with Crippen molar-refractivity contribution in [3.05, 3.63) is 33.5 Å². The maximum Gasteiger partial charge on any atom is 0.396 e. The molecule has 1 aromatic heterocycles. The Hall–Kier alpha value is -1.13. The molecule has 1 aromatic carbocycles. The van der Waals surface area contributed by atoms with E-state index in [-0.39, 0.29) is 4.94 Å². The molecule has 1 saturated heterocycles. The molecule has 1 unspecified atom stereocenters. The minimum absolute atomic E-state index is 0.202. The SMILES string of the molecule is O=c1oc2c(CC3CCNC3)cccc2s1. The Morgan fingerprint density at radius 1 is 1.50 bits per heavy atom. The average molecular weight is 235 g/mol. The highest BCUT2D eigenvalue weighted by Crippen LogP contribution is 2.24. The number of fused-ring (bicyclic) bond motifs is 1. The molecule has 0 radical (unpaired) electrons. The summed E-state index contributed by atoms with van der Waals surface area (Å²) in [5, 5.41) is 3.36. The van der Waals surface area contributed by atoms with E-state index in [1.165, 1.54) is 23.3 Å². The maximum absolute atomic E-state index is 11.2. The molecule has 1 aliphatic rings. The Kier molecular flexibility index (Phi) is 2.53. The third-order valence-electron chi connectivity index (χ3n) is 3.11. The molecule has 1 N–H and O–H groups in total. The second kappa shape index (κ2) is 4.03. The van der Waals surface area contributed by atoms with Crippen LogP contribution in [0.2, 0.25) is 0 Å². The zero-order valence-electron chi connectivity index (χ0n) is 8.86. The van der Waals surface area contributed by atoms with Crippen molar-refractivity contribution in [1.82, 2.24) is 5.32 Å². The van der Waals surface area contributed by atoms with Gasteiger partial charge in [-0.15, -0.1) is 0 Å². The van der Waals surface area contributed by atoms with Crippen molar-refractivity contribution >= 4 is 21.6 Å². The summed E-state index contributed by atoms with van der Waals surface area (Å²) >= 11 is 1.19. The van der Waals surface area contributed by atoms with Crippen molar-refractivity contribution in [2.24, 2.45) is 5.92 Å². The van der Waals surface area contributed by atoms with Gasteiger partial charge in [0, 0.05) is 0 Å². The first-order valence-corrected chi connectivity index (χ1v) is 6.37. The first-order chi connectivity index (χ1) is 7.83. The summed E-state index contributed by atoms with van der Waals surface area (Å²) in [6, 6.07) is 6.02. The molecule has 2 aromatic rings. The molecule has 0 amide bonds. The van der Waals surface area contributed by atoms with Gasteiger partial charge in [-0.1, -0.05) is 23.5 Å². The lowest BCUT2D eigenvalue weighted by atomic mass is 9.98. The van der Waals surface area contributed by atoms with Crippen LogP contribution >= 0.6 is 11.3 Å². The number of nitrogens with one attached hydrogen (secondary N) is 1. The van der Waals surface area contributed by atoms with Crippen LogP contribution in [0.5, 0.6) is 0 Å². The Morgan fingerprint density at radius 2 is 2.44 bits per heavy atom. The molecular weight excluding hydrogens is 222 g/mol. The van der Waals surface area contributed by atoms with Crippen molar-refractivity contribution in [2.75, 3.05) is 13.1 Å². The van der Waals surface area contributed by atoms with Crippen LogP contribution in [-0.4, -0.2) is 13.1 Å². The minimum Gasteiger partial charge on any atom is -0.414 e. The molecule has 2 heterocycles. The van der Waals surface area contributed by atoms with Crippen LogP contribution in [0.25, 0.3) is 10.3 Å².